The maximum Gasteiger partial charge on any atom is 0.123 e. The van der Waals surface area contributed by atoms with Crippen molar-refractivity contribution < 1.29 is 0 Å². The average molecular weight is 263 g/mol. The fourth-order valence-electron chi connectivity index (χ4n) is 2.52. The van der Waals surface area contributed by atoms with Gasteiger partial charge in [0.1, 0.15) is 5.82 Å². The number of fused-ring (bicyclic) bond motifs is 1. The van der Waals surface area contributed by atoms with Gasteiger partial charge < -0.3 is 5.73 Å². The number of nitrogens with two attached hydrogens (primary N) is 1. The fourth-order valence-corrected chi connectivity index (χ4v) is 2.52. The highest BCUT2D eigenvalue weighted by atomic mass is 14.8. The number of pyridine rings is 2. The van der Waals surface area contributed by atoms with Gasteiger partial charge in [0.15, 0.2) is 0 Å². The molecule has 3 aromatic rings. The van der Waals surface area contributed by atoms with Gasteiger partial charge in [-0.2, -0.15) is 0 Å². The Labute approximate surface area is 118 Å². The molecule has 0 unspecified atom stereocenters. The van der Waals surface area contributed by atoms with E-state index in [1.165, 1.54) is 5.56 Å². The van der Waals surface area contributed by atoms with Crippen molar-refractivity contribution >= 4 is 16.7 Å². The molecule has 0 radical (unpaired) electrons. The Morgan fingerprint density at radius 2 is 1.95 bits per heavy atom. The van der Waals surface area contributed by atoms with E-state index in [1.807, 2.05) is 18.3 Å². The lowest BCUT2D eigenvalue weighted by molar-refractivity contribution is 1.04. The van der Waals surface area contributed by atoms with Crippen LogP contribution in [0, 0.1) is 6.92 Å². The van der Waals surface area contributed by atoms with Crippen LogP contribution in [0.2, 0.25) is 0 Å². The Kier molecular flexibility index (Phi) is 3.11. The Bertz CT molecular complexity index is 778. The molecule has 2 N–H and O–H groups in total. The Morgan fingerprint density at radius 1 is 1.10 bits per heavy atom. The monoisotopic (exact) mass is 263 g/mol. The molecule has 0 aliphatic heterocycles. The van der Waals surface area contributed by atoms with E-state index in [9.17, 15) is 0 Å². The number of aryl methyl sites for hydroxylation is 2. The third-order valence-corrected chi connectivity index (χ3v) is 3.47. The first-order valence-corrected chi connectivity index (χ1v) is 6.80. The third kappa shape index (κ3) is 2.11. The number of hydrogen-bond acceptors (Lipinski definition) is 3. The molecule has 0 fully saturated rings. The summed E-state index contributed by atoms with van der Waals surface area (Å²) in [6.45, 7) is 4.15. The van der Waals surface area contributed by atoms with Gasteiger partial charge in [0.25, 0.3) is 0 Å². The molecule has 0 atom stereocenters. The van der Waals surface area contributed by atoms with E-state index in [0.717, 1.165) is 34.1 Å². The molecule has 2 aromatic heterocycles. The molecule has 0 aliphatic carbocycles. The van der Waals surface area contributed by atoms with Crippen molar-refractivity contribution in [2.75, 3.05) is 5.73 Å². The van der Waals surface area contributed by atoms with Crippen molar-refractivity contribution in [2.24, 2.45) is 0 Å². The molecular weight excluding hydrogens is 246 g/mol. The minimum atomic E-state index is 0.564. The largest absolute Gasteiger partial charge is 0.384 e. The quantitative estimate of drug-likeness (QED) is 0.766. The zero-order chi connectivity index (χ0) is 14.1. The number of benzene rings is 1. The summed E-state index contributed by atoms with van der Waals surface area (Å²) < 4.78 is 0. The van der Waals surface area contributed by atoms with E-state index in [4.69, 9.17) is 5.73 Å². The van der Waals surface area contributed by atoms with Crippen LogP contribution in [0.15, 0.2) is 42.6 Å². The van der Waals surface area contributed by atoms with Crippen molar-refractivity contribution in [3.63, 3.8) is 0 Å². The van der Waals surface area contributed by atoms with Gasteiger partial charge in [-0.15, -0.1) is 0 Å². The standard InChI is InChI=1S/C17H17N3/c1-3-15-13(7-8-16(18)20-15)14-6-4-5-12-9-11(2)10-19-17(12)14/h4-10H,3H2,1-2H3,(H2,18,20). The van der Waals surface area contributed by atoms with Crippen molar-refractivity contribution in [3.8, 4) is 11.1 Å². The second-order valence-corrected chi connectivity index (χ2v) is 4.97. The molecule has 0 saturated carbocycles. The summed E-state index contributed by atoms with van der Waals surface area (Å²) in [4.78, 5) is 9.04. The molecule has 3 rings (SSSR count). The van der Waals surface area contributed by atoms with Gasteiger partial charge in [0.05, 0.1) is 11.2 Å². The van der Waals surface area contributed by atoms with E-state index in [-0.39, 0.29) is 0 Å². The number of anilines is 1. The summed E-state index contributed by atoms with van der Waals surface area (Å²) in [6.07, 6.45) is 2.75. The molecule has 0 amide bonds. The number of nitrogens with zero attached hydrogens (tertiary/aromatic N) is 2. The predicted molar refractivity (Wildman–Crippen MR) is 83.5 cm³/mol. The number of hydrogen-bond donors (Lipinski definition) is 1. The number of rotatable bonds is 2. The highest BCUT2D eigenvalue weighted by molar-refractivity contribution is 5.94. The Morgan fingerprint density at radius 3 is 2.75 bits per heavy atom. The molecule has 3 heteroatoms. The number of para-hydroxylation sites is 1. The van der Waals surface area contributed by atoms with E-state index >= 15 is 0 Å². The Hall–Kier alpha value is -2.42. The van der Waals surface area contributed by atoms with Crippen LogP contribution in [0.25, 0.3) is 22.0 Å². The maximum absolute atomic E-state index is 5.79. The number of nitrogen functional groups attached to an aromatic ring is 1. The topological polar surface area (TPSA) is 51.8 Å². The van der Waals surface area contributed by atoms with Crippen LogP contribution in [0.3, 0.4) is 0 Å². The fraction of sp³-hybridized carbons (Fsp3) is 0.176. The van der Waals surface area contributed by atoms with E-state index < -0.39 is 0 Å². The van der Waals surface area contributed by atoms with Crippen LogP contribution in [0.1, 0.15) is 18.2 Å². The summed E-state index contributed by atoms with van der Waals surface area (Å²) in [5, 5.41) is 1.15. The van der Waals surface area contributed by atoms with Crippen LogP contribution in [0.4, 0.5) is 5.82 Å². The minimum absolute atomic E-state index is 0.564. The first-order valence-electron chi connectivity index (χ1n) is 6.80. The smallest absolute Gasteiger partial charge is 0.123 e. The second kappa shape index (κ2) is 4.93. The van der Waals surface area contributed by atoms with Crippen LogP contribution in [-0.2, 0) is 6.42 Å². The summed E-state index contributed by atoms with van der Waals surface area (Å²) in [5.74, 6) is 0.564. The lowest BCUT2D eigenvalue weighted by Gasteiger charge is -2.11. The molecule has 100 valence electrons. The van der Waals surface area contributed by atoms with Gasteiger partial charge in [-0.3, -0.25) is 4.98 Å². The SMILES string of the molecule is CCc1nc(N)ccc1-c1cccc2cc(C)cnc12. The first kappa shape index (κ1) is 12.6. The van der Waals surface area contributed by atoms with Gasteiger partial charge in [0.2, 0.25) is 0 Å². The summed E-state index contributed by atoms with van der Waals surface area (Å²) in [7, 11) is 0. The van der Waals surface area contributed by atoms with Crippen LogP contribution >= 0.6 is 0 Å². The summed E-state index contributed by atoms with van der Waals surface area (Å²) in [5.41, 5.74) is 11.2. The zero-order valence-corrected chi connectivity index (χ0v) is 11.7. The maximum atomic E-state index is 5.79. The minimum Gasteiger partial charge on any atom is -0.384 e. The molecule has 0 saturated heterocycles. The number of aromatic nitrogens is 2. The van der Waals surface area contributed by atoms with Crippen molar-refractivity contribution in [3.05, 3.63) is 53.9 Å². The summed E-state index contributed by atoms with van der Waals surface area (Å²) in [6, 6.07) is 12.3. The lowest BCUT2D eigenvalue weighted by atomic mass is 9.99. The van der Waals surface area contributed by atoms with Gasteiger partial charge in [-0.25, -0.2) is 4.98 Å². The van der Waals surface area contributed by atoms with Crippen molar-refractivity contribution in [1.29, 1.82) is 0 Å². The molecule has 3 nitrogen and oxygen atoms in total. The van der Waals surface area contributed by atoms with Gasteiger partial charge in [0, 0.05) is 22.7 Å². The van der Waals surface area contributed by atoms with Crippen molar-refractivity contribution in [2.45, 2.75) is 20.3 Å². The van der Waals surface area contributed by atoms with Gasteiger partial charge in [-0.1, -0.05) is 25.1 Å². The van der Waals surface area contributed by atoms with E-state index in [2.05, 4.69) is 48.1 Å². The molecule has 2 heterocycles. The Balaban J connectivity index is 2.29. The lowest BCUT2D eigenvalue weighted by Crippen LogP contribution is -1.98. The molecule has 0 aliphatic rings. The highest BCUT2D eigenvalue weighted by Gasteiger charge is 2.10. The molecular formula is C17H17N3. The van der Waals surface area contributed by atoms with Crippen LogP contribution in [-0.4, -0.2) is 9.97 Å². The predicted octanol–water partition coefficient (Wildman–Crippen LogP) is 3.75. The second-order valence-electron chi connectivity index (χ2n) is 4.97. The van der Waals surface area contributed by atoms with E-state index in [0.29, 0.717) is 5.82 Å². The van der Waals surface area contributed by atoms with Gasteiger partial charge >= 0.3 is 0 Å². The van der Waals surface area contributed by atoms with Crippen LogP contribution < -0.4 is 5.73 Å². The van der Waals surface area contributed by atoms with Crippen LogP contribution in [0.5, 0.6) is 0 Å². The molecule has 20 heavy (non-hydrogen) atoms. The van der Waals surface area contributed by atoms with E-state index in [1.54, 1.807) is 0 Å². The normalized spacial score (nSPS) is 10.9. The zero-order valence-electron chi connectivity index (χ0n) is 11.7. The molecule has 0 spiro atoms. The summed E-state index contributed by atoms with van der Waals surface area (Å²) >= 11 is 0. The van der Waals surface area contributed by atoms with Crippen molar-refractivity contribution in [1.82, 2.24) is 9.97 Å². The molecule has 0 bridgehead atoms. The third-order valence-electron chi connectivity index (χ3n) is 3.47. The molecule has 1 aromatic carbocycles. The van der Waals surface area contributed by atoms with Gasteiger partial charge in [-0.05, 0) is 37.1 Å². The first-order chi connectivity index (χ1) is 9.69. The average Bonchev–Trinajstić information content (AvgIpc) is 2.46. The highest BCUT2D eigenvalue weighted by Crippen LogP contribution is 2.30.